The number of aliphatic hydroxyl groups is 1. The van der Waals surface area contributed by atoms with Crippen molar-refractivity contribution in [3.63, 3.8) is 0 Å². The Labute approximate surface area is 122 Å². The highest BCUT2D eigenvalue weighted by Crippen LogP contribution is 2.54. The van der Waals surface area contributed by atoms with E-state index in [1.807, 2.05) is 13.8 Å². The van der Waals surface area contributed by atoms with Crippen LogP contribution < -0.4 is 0 Å². The van der Waals surface area contributed by atoms with Crippen molar-refractivity contribution in [2.24, 2.45) is 11.3 Å². The van der Waals surface area contributed by atoms with Crippen LogP contribution >= 0.6 is 0 Å². The van der Waals surface area contributed by atoms with E-state index in [9.17, 15) is 20.3 Å². The second-order valence-electron chi connectivity index (χ2n) is 6.93. The summed E-state index contributed by atoms with van der Waals surface area (Å²) in [5, 5.41) is 30.0. The third kappa shape index (κ3) is 1.90. The zero-order chi connectivity index (χ0) is 15.6. The number of ketones is 1. The molecule has 0 amide bonds. The van der Waals surface area contributed by atoms with Gasteiger partial charge in [-0.15, -0.1) is 0 Å². The molecule has 4 atom stereocenters. The molecular weight excluding hydrogens is 274 g/mol. The number of Topliss-reactive ketones (excluding diaryl/α,β-unsaturated/α-hetero) is 1. The minimum Gasteiger partial charge on any atom is -0.468 e. The molecule has 116 valence electrons. The highest BCUT2D eigenvalue weighted by atomic mass is 16.8. The van der Waals surface area contributed by atoms with E-state index in [0.717, 1.165) is 5.56 Å². The lowest BCUT2D eigenvalue weighted by Crippen LogP contribution is -2.63. The second-order valence-corrected chi connectivity index (χ2v) is 6.93. The normalized spacial score (nSPS) is 39.3. The van der Waals surface area contributed by atoms with Crippen LogP contribution in [-0.2, 0) is 6.42 Å². The number of hydrogen-bond donors (Lipinski definition) is 3. The Morgan fingerprint density at radius 3 is 2.67 bits per heavy atom. The fraction of sp³-hybridized carbons (Fsp3) is 0.667. The van der Waals surface area contributed by atoms with Gasteiger partial charge in [-0.3, -0.25) is 15.2 Å². The van der Waals surface area contributed by atoms with Gasteiger partial charge < -0.3 is 9.52 Å². The van der Waals surface area contributed by atoms with Gasteiger partial charge >= 0.3 is 0 Å². The number of rotatable bonds is 1. The zero-order valence-corrected chi connectivity index (χ0v) is 12.5. The first kappa shape index (κ1) is 14.7. The Bertz CT molecular complexity index is 591. The van der Waals surface area contributed by atoms with E-state index in [1.165, 1.54) is 0 Å². The van der Waals surface area contributed by atoms with Crippen LogP contribution in [-0.4, -0.2) is 38.2 Å². The minimum absolute atomic E-state index is 0.165. The summed E-state index contributed by atoms with van der Waals surface area (Å²) in [6.07, 6.45) is 2.68. The largest absolute Gasteiger partial charge is 0.468 e. The van der Waals surface area contributed by atoms with E-state index in [1.54, 1.807) is 13.2 Å². The first-order chi connectivity index (χ1) is 9.68. The highest BCUT2D eigenvalue weighted by Gasteiger charge is 2.61. The summed E-state index contributed by atoms with van der Waals surface area (Å²) in [5.74, 6) is -0.281. The number of hydrogen-bond acceptors (Lipinski definition) is 6. The molecule has 0 bridgehead atoms. The summed E-state index contributed by atoms with van der Waals surface area (Å²) >= 11 is 0. The topological polar surface area (TPSA) is 94.1 Å². The van der Waals surface area contributed by atoms with Gasteiger partial charge in [-0.2, -0.15) is 0 Å². The van der Waals surface area contributed by atoms with E-state index in [-0.39, 0.29) is 11.0 Å². The zero-order valence-electron chi connectivity index (χ0n) is 12.5. The number of carbonyl (C=O) groups is 1. The quantitative estimate of drug-likeness (QED) is 0.685. The second kappa shape index (κ2) is 4.39. The predicted molar refractivity (Wildman–Crippen MR) is 72.1 cm³/mol. The highest BCUT2D eigenvalue weighted by molar-refractivity contribution is 6.02. The maximum absolute atomic E-state index is 12.9. The van der Waals surface area contributed by atoms with Crippen molar-refractivity contribution in [1.29, 1.82) is 0 Å². The molecule has 1 aromatic rings. The van der Waals surface area contributed by atoms with Crippen LogP contribution in [0, 0.1) is 18.3 Å². The molecule has 0 radical (unpaired) electrons. The van der Waals surface area contributed by atoms with E-state index in [2.05, 4.69) is 0 Å². The Morgan fingerprint density at radius 1 is 1.38 bits per heavy atom. The van der Waals surface area contributed by atoms with Crippen LogP contribution in [0.5, 0.6) is 0 Å². The average molecular weight is 295 g/mol. The fourth-order valence-electron chi connectivity index (χ4n) is 4.44. The lowest BCUT2D eigenvalue weighted by molar-refractivity contribution is -0.360. The molecule has 1 heterocycles. The third-order valence-electron chi connectivity index (χ3n) is 5.35. The number of nitrogens with zero attached hydrogens (tertiary/aromatic N) is 1. The van der Waals surface area contributed by atoms with Crippen molar-refractivity contribution in [2.45, 2.75) is 51.7 Å². The molecule has 1 saturated carbocycles. The lowest BCUT2D eigenvalue weighted by Gasteiger charge is -2.54. The van der Waals surface area contributed by atoms with Crippen LogP contribution in [0.1, 0.15) is 48.4 Å². The van der Waals surface area contributed by atoms with Crippen molar-refractivity contribution in [1.82, 2.24) is 5.23 Å². The summed E-state index contributed by atoms with van der Waals surface area (Å²) in [5.41, 5.74) is -0.653. The summed E-state index contributed by atoms with van der Waals surface area (Å²) in [6.45, 7) is 5.28. The van der Waals surface area contributed by atoms with E-state index in [4.69, 9.17) is 4.42 Å². The third-order valence-corrected chi connectivity index (χ3v) is 5.35. The van der Waals surface area contributed by atoms with Crippen molar-refractivity contribution in [2.75, 3.05) is 0 Å². The Kier molecular flexibility index (Phi) is 3.08. The molecule has 0 spiro atoms. The molecule has 2 aliphatic carbocycles. The van der Waals surface area contributed by atoms with Crippen molar-refractivity contribution in [3.8, 4) is 0 Å². The summed E-state index contributed by atoms with van der Waals surface area (Å²) in [7, 11) is 0. The van der Waals surface area contributed by atoms with Gasteiger partial charge in [-0.25, -0.2) is 0 Å². The maximum Gasteiger partial charge on any atom is 0.173 e. The molecule has 3 rings (SSSR count). The van der Waals surface area contributed by atoms with Crippen molar-refractivity contribution >= 4 is 5.78 Å². The first-order valence-electron chi connectivity index (χ1n) is 7.19. The summed E-state index contributed by atoms with van der Waals surface area (Å²) in [6, 6.07) is -0.620. The summed E-state index contributed by atoms with van der Waals surface area (Å²) in [4.78, 5) is 12.9. The van der Waals surface area contributed by atoms with Gasteiger partial charge in [0.05, 0.1) is 29.4 Å². The number of fused-ring (bicyclic) bond motifs is 2. The average Bonchev–Trinajstić information content (AvgIpc) is 2.68. The molecule has 0 saturated heterocycles. The molecular formula is C15H21NO5. The minimum atomic E-state index is -1.17. The van der Waals surface area contributed by atoms with Crippen LogP contribution in [0.3, 0.4) is 0 Å². The summed E-state index contributed by atoms with van der Waals surface area (Å²) < 4.78 is 5.48. The standard InChI is InChI=1S/C15H21NO5/c1-8-7-21-9-6-14(2)10(16(19)20)4-5-15(3,18)13(14)12(17)11(8)9/h7,10,13,18-20H,4-6H2,1-3H3/t10-,13-,14+,15-/m1/s1. The van der Waals surface area contributed by atoms with Gasteiger partial charge in [0.25, 0.3) is 0 Å². The number of aryl methyl sites for hydroxylation is 1. The van der Waals surface area contributed by atoms with Crippen LogP contribution in [0.4, 0.5) is 0 Å². The molecule has 21 heavy (non-hydrogen) atoms. The number of hydroxylamine groups is 2. The van der Waals surface area contributed by atoms with E-state index >= 15 is 0 Å². The Hall–Kier alpha value is -1.21. The first-order valence-corrected chi connectivity index (χ1v) is 7.19. The molecule has 3 N–H and O–H groups in total. The van der Waals surface area contributed by atoms with Crippen LogP contribution in [0.2, 0.25) is 0 Å². The Balaban J connectivity index is 2.17. The van der Waals surface area contributed by atoms with E-state index < -0.39 is 23.0 Å². The van der Waals surface area contributed by atoms with Crippen molar-refractivity contribution < 1.29 is 24.7 Å². The molecule has 6 heteroatoms. The molecule has 1 fully saturated rings. The van der Waals surface area contributed by atoms with Crippen molar-refractivity contribution in [3.05, 3.63) is 23.2 Å². The fourth-order valence-corrected chi connectivity index (χ4v) is 4.44. The van der Waals surface area contributed by atoms with Gasteiger partial charge in [0.2, 0.25) is 0 Å². The smallest absolute Gasteiger partial charge is 0.173 e. The number of carbonyl (C=O) groups excluding carboxylic acids is 1. The number of furan rings is 1. The van der Waals surface area contributed by atoms with Gasteiger partial charge in [0.15, 0.2) is 5.78 Å². The SMILES string of the molecule is Cc1coc2c1C(=O)[C@@H]1[C@@](C)(C2)[C@H](N(O)O)CC[C@@]1(C)O. The molecule has 0 unspecified atom stereocenters. The predicted octanol–water partition coefficient (Wildman–Crippen LogP) is 1.94. The van der Waals surface area contributed by atoms with Crippen LogP contribution in [0.25, 0.3) is 0 Å². The molecule has 0 aromatic carbocycles. The van der Waals surface area contributed by atoms with E-state index in [0.29, 0.717) is 30.6 Å². The monoisotopic (exact) mass is 295 g/mol. The molecule has 2 aliphatic rings. The lowest BCUT2D eigenvalue weighted by atomic mass is 9.52. The van der Waals surface area contributed by atoms with Gasteiger partial charge in [-0.1, -0.05) is 12.2 Å². The molecule has 6 nitrogen and oxygen atoms in total. The molecule has 1 aromatic heterocycles. The Morgan fingerprint density at radius 2 is 2.05 bits per heavy atom. The maximum atomic E-state index is 12.9. The van der Waals surface area contributed by atoms with Gasteiger partial charge in [0, 0.05) is 11.8 Å². The van der Waals surface area contributed by atoms with Crippen LogP contribution in [0.15, 0.2) is 10.7 Å². The van der Waals surface area contributed by atoms with Gasteiger partial charge in [0.1, 0.15) is 5.76 Å². The molecule has 0 aliphatic heterocycles. The van der Waals surface area contributed by atoms with Gasteiger partial charge in [-0.05, 0) is 32.3 Å².